The number of benzene rings is 2. The van der Waals surface area contributed by atoms with E-state index in [1.54, 1.807) is 24.3 Å². The van der Waals surface area contributed by atoms with E-state index < -0.39 is 10.0 Å². The SMILES string of the molecule is O=C(CN1CCCN(S(=O)(=O)c2ccc(Br)cc2)CC1)c1ccc(F)cc1. The van der Waals surface area contributed by atoms with Crippen LogP contribution in [0.5, 0.6) is 0 Å². The van der Waals surface area contributed by atoms with Gasteiger partial charge in [0, 0.05) is 29.7 Å². The van der Waals surface area contributed by atoms with Gasteiger partial charge in [0.15, 0.2) is 5.78 Å². The number of ketones is 1. The molecule has 144 valence electrons. The molecule has 0 spiro atoms. The molecule has 1 aliphatic heterocycles. The van der Waals surface area contributed by atoms with E-state index in [4.69, 9.17) is 0 Å². The lowest BCUT2D eigenvalue weighted by molar-refractivity contribution is 0.0934. The Kier molecular flexibility index (Phi) is 6.41. The molecular formula is C19H20BrFN2O3S. The standard InChI is InChI=1S/C19H20BrFN2O3S/c20-16-4-8-18(9-5-16)27(25,26)23-11-1-10-22(12-13-23)14-19(24)15-2-6-17(21)7-3-15/h2-9H,1,10-14H2. The number of rotatable bonds is 5. The zero-order chi connectivity index (χ0) is 19.4. The van der Waals surface area contributed by atoms with E-state index in [9.17, 15) is 17.6 Å². The van der Waals surface area contributed by atoms with E-state index in [1.165, 1.54) is 28.6 Å². The lowest BCUT2D eigenvalue weighted by atomic mass is 10.1. The fraction of sp³-hybridized carbons (Fsp3) is 0.316. The average Bonchev–Trinajstić information content (AvgIpc) is 2.89. The first-order chi connectivity index (χ1) is 12.9. The smallest absolute Gasteiger partial charge is 0.243 e. The molecule has 0 atom stereocenters. The van der Waals surface area contributed by atoms with Crippen LogP contribution in [0.1, 0.15) is 16.8 Å². The van der Waals surface area contributed by atoms with Crippen LogP contribution >= 0.6 is 15.9 Å². The molecule has 5 nitrogen and oxygen atoms in total. The second-order valence-electron chi connectivity index (χ2n) is 6.42. The monoisotopic (exact) mass is 454 g/mol. The maximum atomic E-state index is 13.0. The summed E-state index contributed by atoms with van der Waals surface area (Å²) in [6.07, 6.45) is 0.645. The zero-order valence-corrected chi connectivity index (χ0v) is 17.0. The number of halogens is 2. The van der Waals surface area contributed by atoms with Gasteiger partial charge in [0.25, 0.3) is 0 Å². The van der Waals surface area contributed by atoms with Gasteiger partial charge in [-0.3, -0.25) is 9.69 Å². The number of nitrogens with zero attached hydrogens (tertiary/aromatic N) is 2. The van der Waals surface area contributed by atoms with E-state index in [0.29, 0.717) is 38.2 Å². The minimum absolute atomic E-state index is 0.0979. The van der Waals surface area contributed by atoms with Crippen molar-refractivity contribution in [3.8, 4) is 0 Å². The van der Waals surface area contributed by atoms with Crippen molar-refractivity contribution in [3.05, 3.63) is 64.4 Å². The Bertz CT molecular complexity index is 902. The molecule has 0 N–H and O–H groups in total. The summed E-state index contributed by atoms with van der Waals surface area (Å²) >= 11 is 3.31. The number of sulfonamides is 1. The van der Waals surface area contributed by atoms with Gasteiger partial charge >= 0.3 is 0 Å². The molecule has 1 heterocycles. The molecular weight excluding hydrogens is 435 g/mol. The van der Waals surface area contributed by atoms with Crippen LogP contribution in [0.25, 0.3) is 0 Å². The topological polar surface area (TPSA) is 57.7 Å². The van der Waals surface area contributed by atoms with Gasteiger partial charge in [0.1, 0.15) is 5.82 Å². The summed E-state index contributed by atoms with van der Waals surface area (Å²) in [5.74, 6) is -0.477. The Morgan fingerprint density at radius 2 is 1.63 bits per heavy atom. The fourth-order valence-electron chi connectivity index (χ4n) is 3.03. The van der Waals surface area contributed by atoms with Crippen molar-refractivity contribution in [1.29, 1.82) is 0 Å². The fourth-order valence-corrected chi connectivity index (χ4v) is 4.77. The first-order valence-electron chi connectivity index (χ1n) is 8.63. The van der Waals surface area contributed by atoms with Gasteiger partial charge < -0.3 is 0 Å². The van der Waals surface area contributed by atoms with Crippen LogP contribution in [-0.2, 0) is 10.0 Å². The van der Waals surface area contributed by atoms with Crippen molar-refractivity contribution in [2.24, 2.45) is 0 Å². The van der Waals surface area contributed by atoms with Crippen LogP contribution in [0.4, 0.5) is 4.39 Å². The molecule has 0 radical (unpaired) electrons. The van der Waals surface area contributed by atoms with Gasteiger partial charge in [-0.05, 0) is 61.5 Å². The molecule has 27 heavy (non-hydrogen) atoms. The molecule has 1 aliphatic rings. The van der Waals surface area contributed by atoms with Crippen LogP contribution in [0, 0.1) is 5.82 Å². The van der Waals surface area contributed by atoms with E-state index in [-0.39, 0.29) is 23.0 Å². The predicted molar refractivity (Wildman–Crippen MR) is 105 cm³/mol. The normalized spacial score (nSPS) is 16.8. The molecule has 0 saturated carbocycles. The maximum Gasteiger partial charge on any atom is 0.243 e. The molecule has 0 unspecified atom stereocenters. The highest BCUT2D eigenvalue weighted by Gasteiger charge is 2.27. The summed E-state index contributed by atoms with van der Waals surface area (Å²) in [6.45, 7) is 2.05. The lowest BCUT2D eigenvalue weighted by Crippen LogP contribution is -2.36. The van der Waals surface area contributed by atoms with Crippen molar-refractivity contribution >= 4 is 31.7 Å². The third kappa shape index (κ3) is 5.01. The summed E-state index contributed by atoms with van der Waals surface area (Å²) in [5, 5.41) is 0. The van der Waals surface area contributed by atoms with Gasteiger partial charge in [-0.2, -0.15) is 4.31 Å². The minimum Gasteiger partial charge on any atom is -0.294 e. The van der Waals surface area contributed by atoms with Crippen molar-refractivity contribution in [1.82, 2.24) is 9.21 Å². The summed E-state index contributed by atoms with van der Waals surface area (Å²) in [5.41, 5.74) is 0.458. The maximum absolute atomic E-state index is 13.0. The Morgan fingerprint density at radius 3 is 2.30 bits per heavy atom. The molecule has 0 aliphatic carbocycles. The third-order valence-electron chi connectivity index (χ3n) is 4.53. The summed E-state index contributed by atoms with van der Waals surface area (Å²) in [7, 11) is -3.55. The largest absolute Gasteiger partial charge is 0.294 e. The van der Waals surface area contributed by atoms with Crippen LogP contribution in [0.2, 0.25) is 0 Å². The van der Waals surface area contributed by atoms with Crippen molar-refractivity contribution in [3.63, 3.8) is 0 Å². The summed E-state index contributed by atoms with van der Waals surface area (Å²) in [6, 6.07) is 12.1. The van der Waals surface area contributed by atoms with Gasteiger partial charge in [0.05, 0.1) is 11.4 Å². The van der Waals surface area contributed by atoms with E-state index >= 15 is 0 Å². The van der Waals surface area contributed by atoms with Crippen molar-refractivity contribution < 1.29 is 17.6 Å². The highest BCUT2D eigenvalue weighted by Crippen LogP contribution is 2.20. The predicted octanol–water partition coefficient (Wildman–Crippen LogP) is 3.17. The second kappa shape index (κ2) is 8.60. The number of Topliss-reactive ketones (excluding diaryl/α,β-unsaturated/α-hetero) is 1. The number of carbonyl (C=O) groups is 1. The Hall–Kier alpha value is -1.61. The van der Waals surface area contributed by atoms with E-state index in [2.05, 4.69) is 15.9 Å². The lowest BCUT2D eigenvalue weighted by Gasteiger charge is -2.21. The molecule has 0 amide bonds. The highest BCUT2D eigenvalue weighted by molar-refractivity contribution is 9.10. The number of hydrogen-bond donors (Lipinski definition) is 0. The molecule has 1 saturated heterocycles. The Balaban J connectivity index is 1.64. The van der Waals surface area contributed by atoms with E-state index in [0.717, 1.165) is 4.47 Å². The first kappa shape index (κ1) is 20.1. The zero-order valence-electron chi connectivity index (χ0n) is 14.6. The van der Waals surface area contributed by atoms with Gasteiger partial charge in [-0.1, -0.05) is 15.9 Å². The van der Waals surface area contributed by atoms with Crippen LogP contribution in [0.15, 0.2) is 57.9 Å². The molecule has 2 aromatic rings. The molecule has 2 aromatic carbocycles. The molecule has 0 aromatic heterocycles. The third-order valence-corrected chi connectivity index (χ3v) is 6.97. The summed E-state index contributed by atoms with van der Waals surface area (Å²) in [4.78, 5) is 14.6. The quantitative estimate of drug-likeness (QED) is 0.651. The second-order valence-corrected chi connectivity index (χ2v) is 9.27. The van der Waals surface area contributed by atoms with Crippen LogP contribution < -0.4 is 0 Å². The number of carbonyl (C=O) groups excluding carboxylic acids is 1. The van der Waals surface area contributed by atoms with E-state index in [1.807, 2.05) is 4.90 Å². The van der Waals surface area contributed by atoms with Crippen molar-refractivity contribution in [2.45, 2.75) is 11.3 Å². The molecule has 3 rings (SSSR count). The van der Waals surface area contributed by atoms with Crippen LogP contribution in [-0.4, -0.2) is 56.1 Å². The van der Waals surface area contributed by atoms with Crippen molar-refractivity contribution in [2.75, 3.05) is 32.7 Å². The summed E-state index contributed by atoms with van der Waals surface area (Å²) < 4.78 is 40.9. The highest BCUT2D eigenvalue weighted by atomic mass is 79.9. The average molecular weight is 455 g/mol. The van der Waals surface area contributed by atoms with Gasteiger partial charge in [-0.15, -0.1) is 0 Å². The number of hydrogen-bond acceptors (Lipinski definition) is 4. The first-order valence-corrected chi connectivity index (χ1v) is 10.9. The van der Waals surface area contributed by atoms with Gasteiger partial charge in [0.2, 0.25) is 10.0 Å². The Labute approximate surface area is 167 Å². The molecule has 8 heteroatoms. The van der Waals surface area contributed by atoms with Crippen LogP contribution in [0.3, 0.4) is 0 Å². The molecule has 1 fully saturated rings. The Morgan fingerprint density at radius 1 is 0.963 bits per heavy atom. The minimum atomic E-state index is -3.55. The molecule has 0 bridgehead atoms. The van der Waals surface area contributed by atoms with Gasteiger partial charge in [-0.25, -0.2) is 12.8 Å².